The Hall–Kier alpha value is -1.14. The first-order valence-corrected chi connectivity index (χ1v) is 4.70. The first-order valence-electron chi connectivity index (χ1n) is 3.82. The molecule has 1 unspecified atom stereocenters. The Balaban J connectivity index is 2.58. The van der Waals surface area contributed by atoms with Crippen molar-refractivity contribution in [3.63, 3.8) is 0 Å². The van der Waals surface area contributed by atoms with Crippen molar-refractivity contribution in [1.82, 2.24) is 15.7 Å². The third-order valence-corrected chi connectivity index (χ3v) is 2.63. The first-order chi connectivity index (χ1) is 6.13. The molecule has 4 N–H and O–H groups in total. The molecule has 0 aliphatic carbocycles. The van der Waals surface area contributed by atoms with Crippen LogP contribution in [0.25, 0.3) is 0 Å². The van der Waals surface area contributed by atoms with Crippen LogP contribution in [0.3, 0.4) is 0 Å². The number of urea groups is 1. The van der Waals surface area contributed by atoms with Crippen molar-refractivity contribution in [2.24, 2.45) is 5.84 Å². The lowest BCUT2D eigenvalue weighted by molar-refractivity contribution is 0.238. The number of hydrazine groups is 1. The van der Waals surface area contributed by atoms with Gasteiger partial charge >= 0.3 is 6.03 Å². The van der Waals surface area contributed by atoms with Crippen LogP contribution < -0.4 is 16.6 Å². The number of nitrogens with two attached hydrogens (primary N) is 1. The van der Waals surface area contributed by atoms with Crippen molar-refractivity contribution >= 4 is 17.4 Å². The van der Waals surface area contributed by atoms with Gasteiger partial charge in [0.05, 0.1) is 6.04 Å². The van der Waals surface area contributed by atoms with E-state index in [2.05, 4.69) is 10.3 Å². The van der Waals surface area contributed by atoms with Crippen molar-refractivity contribution in [2.75, 3.05) is 0 Å². The topological polar surface area (TPSA) is 80.0 Å². The number of thiazole rings is 1. The molecule has 1 aromatic rings. The summed E-state index contributed by atoms with van der Waals surface area (Å²) in [6, 6.07) is -0.511. The molecule has 0 bridgehead atoms. The van der Waals surface area contributed by atoms with Crippen molar-refractivity contribution < 1.29 is 4.79 Å². The van der Waals surface area contributed by atoms with Gasteiger partial charge in [0.2, 0.25) is 0 Å². The monoisotopic (exact) mass is 200 g/mol. The Bertz CT molecular complexity index is 298. The largest absolute Gasteiger partial charge is 0.329 e. The molecule has 1 rings (SSSR count). The van der Waals surface area contributed by atoms with Gasteiger partial charge in [0.1, 0.15) is 5.01 Å². The zero-order valence-electron chi connectivity index (χ0n) is 7.50. The Morgan fingerprint density at radius 2 is 2.46 bits per heavy atom. The second-order valence-corrected chi connectivity index (χ2v) is 3.56. The number of carbonyl (C=O) groups is 1. The van der Waals surface area contributed by atoms with Gasteiger partial charge in [0, 0.05) is 11.1 Å². The highest BCUT2D eigenvalue weighted by molar-refractivity contribution is 7.09. The van der Waals surface area contributed by atoms with Crippen LogP contribution in [0.15, 0.2) is 5.38 Å². The maximum Gasteiger partial charge on any atom is 0.329 e. The minimum Gasteiger partial charge on any atom is -0.328 e. The SMILES string of the molecule is Cc1csc(C(C)NC(=O)NN)n1. The molecule has 0 aliphatic heterocycles. The van der Waals surface area contributed by atoms with Gasteiger partial charge in [0.15, 0.2) is 0 Å². The highest BCUT2D eigenvalue weighted by Gasteiger charge is 2.10. The smallest absolute Gasteiger partial charge is 0.328 e. The fourth-order valence-corrected chi connectivity index (χ4v) is 1.67. The van der Waals surface area contributed by atoms with Gasteiger partial charge in [-0.05, 0) is 13.8 Å². The molecule has 72 valence electrons. The lowest BCUT2D eigenvalue weighted by atomic mass is 10.3. The molecule has 5 nitrogen and oxygen atoms in total. The van der Waals surface area contributed by atoms with Gasteiger partial charge in [0.25, 0.3) is 0 Å². The van der Waals surface area contributed by atoms with Crippen LogP contribution in [-0.4, -0.2) is 11.0 Å². The number of carbonyl (C=O) groups excluding carboxylic acids is 1. The van der Waals surface area contributed by atoms with Gasteiger partial charge < -0.3 is 5.32 Å². The van der Waals surface area contributed by atoms with E-state index in [4.69, 9.17) is 5.84 Å². The van der Waals surface area contributed by atoms with Crippen molar-refractivity contribution in [3.05, 3.63) is 16.1 Å². The third-order valence-electron chi connectivity index (χ3n) is 1.49. The van der Waals surface area contributed by atoms with Crippen LogP contribution in [-0.2, 0) is 0 Å². The summed E-state index contributed by atoms with van der Waals surface area (Å²) in [7, 11) is 0. The van der Waals surface area contributed by atoms with Crippen molar-refractivity contribution in [1.29, 1.82) is 0 Å². The summed E-state index contributed by atoms with van der Waals surface area (Å²) in [5.41, 5.74) is 2.96. The van der Waals surface area contributed by atoms with E-state index < -0.39 is 6.03 Å². The van der Waals surface area contributed by atoms with Crippen LogP contribution >= 0.6 is 11.3 Å². The molecule has 1 aromatic heterocycles. The summed E-state index contributed by atoms with van der Waals surface area (Å²) in [4.78, 5) is 15.1. The molecule has 0 spiro atoms. The third kappa shape index (κ3) is 2.67. The van der Waals surface area contributed by atoms with Gasteiger partial charge in [-0.15, -0.1) is 11.3 Å². The molecular formula is C7H12N4OS. The highest BCUT2D eigenvalue weighted by atomic mass is 32.1. The molecule has 13 heavy (non-hydrogen) atoms. The fraction of sp³-hybridized carbons (Fsp3) is 0.429. The summed E-state index contributed by atoms with van der Waals surface area (Å²) in [6.45, 7) is 3.77. The second-order valence-electron chi connectivity index (χ2n) is 2.67. The lowest BCUT2D eigenvalue weighted by Gasteiger charge is -2.09. The summed E-state index contributed by atoms with van der Waals surface area (Å²) < 4.78 is 0. The number of nitrogens with one attached hydrogen (secondary N) is 2. The molecule has 0 saturated heterocycles. The van der Waals surface area contributed by atoms with Crippen LogP contribution in [0.5, 0.6) is 0 Å². The average Bonchev–Trinajstić information content (AvgIpc) is 2.51. The van der Waals surface area contributed by atoms with E-state index in [0.717, 1.165) is 10.7 Å². The normalized spacial score (nSPS) is 12.2. The van der Waals surface area contributed by atoms with E-state index in [9.17, 15) is 4.79 Å². The lowest BCUT2D eigenvalue weighted by Crippen LogP contribution is -2.40. The second kappa shape index (κ2) is 4.20. The van der Waals surface area contributed by atoms with E-state index in [1.165, 1.54) is 11.3 Å². The van der Waals surface area contributed by atoms with Crippen molar-refractivity contribution in [2.45, 2.75) is 19.9 Å². The molecular weight excluding hydrogens is 188 g/mol. The molecule has 0 aromatic carbocycles. The molecule has 0 saturated carbocycles. The van der Waals surface area contributed by atoms with Gasteiger partial charge in [-0.3, -0.25) is 5.43 Å². The predicted molar refractivity (Wildman–Crippen MR) is 51.1 cm³/mol. The molecule has 0 fully saturated rings. The first kappa shape index (κ1) is 9.94. The number of hydrogen-bond acceptors (Lipinski definition) is 4. The zero-order valence-corrected chi connectivity index (χ0v) is 8.31. The van der Waals surface area contributed by atoms with Crippen LogP contribution in [0.2, 0.25) is 0 Å². The minimum atomic E-state index is -0.402. The maximum absolute atomic E-state index is 10.8. The van der Waals surface area contributed by atoms with Gasteiger partial charge in [-0.2, -0.15) is 0 Å². The number of aromatic nitrogens is 1. The fourth-order valence-electron chi connectivity index (χ4n) is 0.871. The standard InChI is InChI=1S/C7H12N4OS/c1-4-3-13-6(9-4)5(2)10-7(12)11-8/h3,5H,8H2,1-2H3,(H2,10,11,12). The molecule has 2 amide bonds. The molecule has 0 radical (unpaired) electrons. The minimum absolute atomic E-state index is 0.109. The van der Waals surface area contributed by atoms with Gasteiger partial charge in [-0.25, -0.2) is 15.6 Å². The predicted octanol–water partition coefficient (Wildman–Crippen LogP) is 0.685. The summed E-state index contributed by atoms with van der Waals surface area (Å²) in [5.74, 6) is 4.92. The molecule has 0 aliphatic rings. The zero-order chi connectivity index (χ0) is 9.84. The number of amides is 2. The van der Waals surface area contributed by atoms with E-state index in [1.807, 2.05) is 24.7 Å². The van der Waals surface area contributed by atoms with Crippen LogP contribution in [0.4, 0.5) is 4.79 Å². The summed E-state index contributed by atoms with van der Waals surface area (Å²) in [6.07, 6.45) is 0. The van der Waals surface area contributed by atoms with E-state index in [0.29, 0.717) is 0 Å². The molecule has 1 heterocycles. The van der Waals surface area contributed by atoms with E-state index in [-0.39, 0.29) is 6.04 Å². The maximum atomic E-state index is 10.8. The number of rotatable bonds is 2. The highest BCUT2D eigenvalue weighted by Crippen LogP contribution is 2.16. The van der Waals surface area contributed by atoms with E-state index >= 15 is 0 Å². The average molecular weight is 200 g/mol. The molecule has 1 atom stereocenters. The Morgan fingerprint density at radius 1 is 1.77 bits per heavy atom. The van der Waals surface area contributed by atoms with Crippen LogP contribution in [0, 0.1) is 6.92 Å². The Kier molecular flexibility index (Phi) is 3.21. The quantitative estimate of drug-likeness (QED) is 0.373. The number of hydrogen-bond donors (Lipinski definition) is 3. The van der Waals surface area contributed by atoms with Crippen LogP contribution in [0.1, 0.15) is 23.7 Å². The van der Waals surface area contributed by atoms with E-state index in [1.54, 1.807) is 0 Å². The number of aryl methyl sites for hydroxylation is 1. The summed E-state index contributed by atoms with van der Waals surface area (Å²) in [5, 5.41) is 5.45. The Labute approximate surface area is 80.3 Å². The number of nitrogens with zero attached hydrogens (tertiary/aromatic N) is 1. The Morgan fingerprint density at radius 3 is 2.92 bits per heavy atom. The van der Waals surface area contributed by atoms with Crippen molar-refractivity contribution in [3.8, 4) is 0 Å². The van der Waals surface area contributed by atoms with Gasteiger partial charge in [-0.1, -0.05) is 0 Å². The summed E-state index contributed by atoms with van der Waals surface area (Å²) >= 11 is 1.52. The molecule has 6 heteroatoms.